The molecule has 0 aliphatic heterocycles. The predicted octanol–water partition coefficient (Wildman–Crippen LogP) is 4.79. The Morgan fingerprint density at radius 2 is 1.96 bits per heavy atom. The van der Waals surface area contributed by atoms with Crippen molar-refractivity contribution >= 4 is 34.8 Å². The van der Waals surface area contributed by atoms with E-state index in [2.05, 4.69) is 15.6 Å². The average Bonchev–Trinajstić information content (AvgIpc) is 2.58. The van der Waals surface area contributed by atoms with Crippen molar-refractivity contribution in [1.82, 2.24) is 5.32 Å². The van der Waals surface area contributed by atoms with Crippen LogP contribution in [0.15, 0.2) is 53.5 Å². The Balaban J connectivity index is 2.01. The standard InChI is InChI=1S/C19H22ClN3O2/c1-14(21-17-8-4-3-5-9-17)22-19(24)23-18-11-10-16(20)13-15(18)7-6-12-25-2/h3-5,8-11,13H,6-7,12H2,1-2H3,(H2,21,22,23,24). The molecule has 0 atom stereocenters. The maximum atomic E-state index is 12.2. The molecule has 0 heterocycles. The Morgan fingerprint density at radius 3 is 2.68 bits per heavy atom. The second-order valence-corrected chi connectivity index (χ2v) is 5.95. The fourth-order valence-corrected chi connectivity index (χ4v) is 2.53. The van der Waals surface area contributed by atoms with E-state index in [1.54, 1.807) is 26.2 Å². The van der Waals surface area contributed by atoms with Crippen LogP contribution in [0.5, 0.6) is 0 Å². The molecule has 0 saturated carbocycles. The summed E-state index contributed by atoms with van der Waals surface area (Å²) in [5.41, 5.74) is 2.48. The molecule has 2 N–H and O–H groups in total. The summed E-state index contributed by atoms with van der Waals surface area (Å²) in [4.78, 5) is 16.6. The van der Waals surface area contributed by atoms with Crippen LogP contribution < -0.4 is 10.6 Å². The number of carbonyl (C=O) groups is 1. The molecule has 0 radical (unpaired) electrons. The lowest BCUT2D eigenvalue weighted by molar-refractivity contribution is 0.195. The van der Waals surface area contributed by atoms with Crippen LogP contribution in [0.2, 0.25) is 5.02 Å². The number of amides is 2. The van der Waals surface area contributed by atoms with E-state index in [9.17, 15) is 4.79 Å². The van der Waals surface area contributed by atoms with Crippen molar-refractivity contribution in [1.29, 1.82) is 0 Å². The third-order valence-electron chi connectivity index (χ3n) is 3.46. The van der Waals surface area contributed by atoms with Gasteiger partial charge in [0.05, 0.1) is 5.69 Å². The number of carbonyl (C=O) groups excluding carboxylic acids is 1. The van der Waals surface area contributed by atoms with Gasteiger partial charge in [-0.3, -0.25) is 5.32 Å². The van der Waals surface area contributed by atoms with Crippen molar-refractivity contribution in [2.24, 2.45) is 4.99 Å². The highest BCUT2D eigenvalue weighted by Gasteiger charge is 2.08. The molecule has 0 aromatic heterocycles. The molecule has 0 unspecified atom stereocenters. The first kappa shape index (κ1) is 19.0. The van der Waals surface area contributed by atoms with E-state index in [1.807, 2.05) is 36.4 Å². The number of halogens is 1. The number of para-hydroxylation sites is 1. The second kappa shape index (κ2) is 9.81. The molecule has 2 rings (SSSR count). The minimum atomic E-state index is -0.340. The average molecular weight is 360 g/mol. The Hall–Kier alpha value is -2.37. The summed E-state index contributed by atoms with van der Waals surface area (Å²) < 4.78 is 5.08. The number of rotatable bonds is 6. The highest BCUT2D eigenvalue weighted by molar-refractivity contribution is 6.30. The van der Waals surface area contributed by atoms with Crippen molar-refractivity contribution in [3.8, 4) is 0 Å². The molecule has 0 bridgehead atoms. The number of nitrogens with zero attached hydrogens (tertiary/aromatic N) is 1. The van der Waals surface area contributed by atoms with Gasteiger partial charge in [-0.1, -0.05) is 29.8 Å². The number of urea groups is 1. The van der Waals surface area contributed by atoms with Crippen LogP contribution in [0.1, 0.15) is 18.9 Å². The SMILES string of the molecule is COCCCc1cc(Cl)ccc1NC(=O)NC(C)=Nc1ccccc1. The van der Waals surface area contributed by atoms with E-state index in [0.717, 1.165) is 29.8 Å². The number of amidine groups is 1. The summed E-state index contributed by atoms with van der Waals surface area (Å²) in [5, 5.41) is 6.22. The molecule has 2 amide bonds. The number of methoxy groups -OCH3 is 1. The first-order valence-electron chi connectivity index (χ1n) is 8.04. The van der Waals surface area contributed by atoms with Gasteiger partial charge in [-0.2, -0.15) is 0 Å². The molecule has 0 fully saturated rings. The summed E-state index contributed by atoms with van der Waals surface area (Å²) in [6.07, 6.45) is 1.61. The van der Waals surface area contributed by atoms with Crippen molar-refractivity contribution < 1.29 is 9.53 Å². The molecule has 2 aromatic carbocycles. The van der Waals surface area contributed by atoms with Crippen LogP contribution in [0.25, 0.3) is 0 Å². The first-order valence-corrected chi connectivity index (χ1v) is 8.42. The van der Waals surface area contributed by atoms with Crippen molar-refractivity contribution in [3.05, 3.63) is 59.1 Å². The monoisotopic (exact) mass is 359 g/mol. The summed E-state index contributed by atoms with van der Waals surface area (Å²) >= 11 is 6.06. The lowest BCUT2D eigenvalue weighted by Gasteiger charge is -2.12. The van der Waals surface area contributed by atoms with Gasteiger partial charge >= 0.3 is 6.03 Å². The summed E-state index contributed by atoms with van der Waals surface area (Å²) in [7, 11) is 1.67. The molecule has 5 nitrogen and oxygen atoms in total. The Kier molecular flexibility index (Phi) is 7.44. The maximum Gasteiger partial charge on any atom is 0.324 e. The number of benzene rings is 2. The number of aryl methyl sites for hydroxylation is 1. The highest BCUT2D eigenvalue weighted by atomic mass is 35.5. The molecule has 0 aliphatic rings. The van der Waals surface area contributed by atoms with Crippen LogP contribution in [0, 0.1) is 0 Å². The molecule has 0 aliphatic carbocycles. The minimum Gasteiger partial charge on any atom is -0.385 e. The quantitative estimate of drug-likeness (QED) is 0.442. The molecular weight excluding hydrogens is 338 g/mol. The van der Waals surface area contributed by atoms with E-state index in [0.29, 0.717) is 17.5 Å². The minimum absolute atomic E-state index is 0.340. The Labute approximate surface area is 153 Å². The lowest BCUT2D eigenvalue weighted by Crippen LogP contribution is -2.32. The lowest BCUT2D eigenvalue weighted by atomic mass is 10.1. The number of hydrogen-bond acceptors (Lipinski definition) is 3. The van der Waals surface area contributed by atoms with E-state index >= 15 is 0 Å². The first-order chi connectivity index (χ1) is 12.1. The van der Waals surface area contributed by atoms with E-state index in [-0.39, 0.29) is 6.03 Å². The van der Waals surface area contributed by atoms with Gasteiger partial charge in [0.2, 0.25) is 0 Å². The summed E-state index contributed by atoms with van der Waals surface area (Å²) in [6, 6.07) is 14.5. The number of aliphatic imine (C=N–C) groups is 1. The summed E-state index contributed by atoms with van der Waals surface area (Å²) in [5.74, 6) is 0.513. The normalized spacial score (nSPS) is 11.2. The fraction of sp³-hybridized carbons (Fsp3) is 0.263. The number of ether oxygens (including phenoxy) is 1. The van der Waals surface area contributed by atoms with Gasteiger partial charge < -0.3 is 10.1 Å². The van der Waals surface area contributed by atoms with Crippen molar-refractivity contribution in [2.75, 3.05) is 19.0 Å². The Bertz CT molecular complexity index is 733. The van der Waals surface area contributed by atoms with Crippen molar-refractivity contribution in [2.45, 2.75) is 19.8 Å². The zero-order valence-electron chi connectivity index (χ0n) is 14.4. The Morgan fingerprint density at radius 1 is 1.20 bits per heavy atom. The van der Waals surface area contributed by atoms with Crippen LogP contribution in [-0.4, -0.2) is 25.6 Å². The molecular formula is C19H22ClN3O2. The molecule has 6 heteroatoms. The predicted molar refractivity (Wildman–Crippen MR) is 103 cm³/mol. The topological polar surface area (TPSA) is 62.7 Å². The van der Waals surface area contributed by atoms with E-state index in [4.69, 9.17) is 16.3 Å². The molecule has 2 aromatic rings. The van der Waals surface area contributed by atoms with Crippen LogP contribution in [0.3, 0.4) is 0 Å². The van der Waals surface area contributed by atoms with Gasteiger partial charge in [0.15, 0.2) is 0 Å². The number of hydrogen-bond donors (Lipinski definition) is 2. The van der Waals surface area contributed by atoms with Gasteiger partial charge in [0, 0.05) is 24.4 Å². The largest absolute Gasteiger partial charge is 0.385 e. The zero-order chi connectivity index (χ0) is 18.1. The smallest absolute Gasteiger partial charge is 0.324 e. The van der Waals surface area contributed by atoms with Gasteiger partial charge in [-0.15, -0.1) is 0 Å². The highest BCUT2D eigenvalue weighted by Crippen LogP contribution is 2.22. The molecule has 0 saturated heterocycles. The number of anilines is 1. The van der Waals surface area contributed by atoms with Crippen LogP contribution in [0.4, 0.5) is 16.2 Å². The van der Waals surface area contributed by atoms with Gasteiger partial charge in [0.1, 0.15) is 5.84 Å². The van der Waals surface area contributed by atoms with Gasteiger partial charge in [-0.25, -0.2) is 9.79 Å². The van der Waals surface area contributed by atoms with E-state index < -0.39 is 0 Å². The van der Waals surface area contributed by atoms with Crippen molar-refractivity contribution in [3.63, 3.8) is 0 Å². The molecule has 132 valence electrons. The second-order valence-electron chi connectivity index (χ2n) is 5.51. The van der Waals surface area contributed by atoms with Crippen LogP contribution in [-0.2, 0) is 11.2 Å². The van der Waals surface area contributed by atoms with E-state index in [1.165, 1.54) is 0 Å². The van der Waals surface area contributed by atoms with Gasteiger partial charge in [0.25, 0.3) is 0 Å². The molecule has 0 spiro atoms. The maximum absolute atomic E-state index is 12.2. The third kappa shape index (κ3) is 6.57. The molecule has 25 heavy (non-hydrogen) atoms. The van der Waals surface area contributed by atoms with Crippen LogP contribution >= 0.6 is 11.6 Å². The van der Waals surface area contributed by atoms with Gasteiger partial charge in [-0.05, 0) is 55.7 Å². The zero-order valence-corrected chi connectivity index (χ0v) is 15.1. The fourth-order valence-electron chi connectivity index (χ4n) is 2.34. The third-order valence-corrected chi connectivity index (χ3v) is 3.69. The summed E-state index contributed by atoms with van der Waals surface area (Å²) in [6.45, 7) is 2.40. The number of nitrogens with one attached hydrogen (secondary N) is 2.